The van der Waals surface area contributed by atoms with Crippen LogP contribution in [0.4, 0.5) is 18.3 Å². The molecule has 3 aliphatic rings. The summed E-state index contributed by atoms with van der Waals surface area (Å²) in [7, 11) is 0. The van der Waals surface area contributed by atoms with Gasteiger partial charge in [0, 0.05) is 55.4 Å². The molecule has 3 fully saturated rings. The number of likely N-dealkylation sites (tertiary alicyclic amines) is 1. The summed E-state index contributed by atoms with van der Waals surface area (Å²) < 4.78 is 42.4. The highest BCUT2D eigenvalue weighted by Gasteiger charge is 2.44. The van der Waals surface area contributed by atoms with Crippen LogP contribution in [0.5, 0.6) is 0 Å². The third kappa shape index (κ3) is 2.96. The maximum Gasteiger partial charge on any atom is 0.433 e. The van der Waals surface area contributed by atoms with Crippen molar-refractivity contribution in [2.45, 2.75) is 50.0 Å². The zero-order valence-electron chi connectivity index (χ0n) is 14.0. The van der Waals surface area contributed by atoms with E-state index in [9.17, 15) is 13.2 Å². The Bertz CT molecular complexity index is 801. The summed E-state index contributed by atoms with van der Waals surface area (Å²) in [5, 5.41) is 1.02. The normalized spacial score (nSPS) is 26.0. The number of hydrogen-bond donors (Lipinski definition) is 0. The number of aromatic nitrogens is 3. The first-order valence-electron chi connectivity index (χ1n) is 8.84. The molecule has 1 aliphatic carbocycles. The number of rotatable bonds is 4. The van der Waals surface area contributed by atoms with Crippen molar-refractivity contribution >= 4 is 16.7 Å². The molecule has 2 bridgehead atoms. The molecule has 5 nitrogen and oxygen atoms in total. The van der Waals surface area contributed by atoms with Crippen molar-refractivity contribution < 1.29 is 13.2 Å². The van der Waals surface area contributed by atoms with Crippen LogP contribution in [0.3, 0.4) is 0 Å². The van der Waals surface area contributed by atoms with Gasteiger partial charge in [0.2, 0.25) is 5.13 Å². The van der Waals surface area contributed by atoms with Gasteiger partial charge >= 0.3 is 6.18 Å². The second-order valence-corrected chi connectivity index (χ2v) is 8.11. The van der Waals surface area contributed by atoms with Crippen LogP contribution < -0.4 is 4.90 Å². The number of alkyl halides is 3. The van der Waals surface area contributed by atoms with Gasteiger partial charge in [-0.3, -0.25) is 9.88 Å². The summed E-state index contributed by atoms with van der Waals surface area (Å²) in [6.45, 7) is 2.46. The van der Waals surface area contributed by atoms with Gasteiger partial charge in [-0.25, -0.2) is 4.98 Å². The lowest BCUT2D eigenvalue weighted by molar-refractivity contribution is -0.141. The molecule has 2 unspecified atom stereocenters. The minimum absolute atomic E-state index is 0.413. The lowest BCUT2D eigenvalue weighted by Crippen LogP contribution is -2.46. The monoisotopic (exact) mass is 381 g/mol. The van der Waals surface area contributed by atoms with E-state index in [1.165, 1.54) is 36.6 Å². The van der Waals surface area contributed by atoms with E-state index in [4.69, 9.17) is 4.98 Å². The van der Waals surface area contributed by atoms with Gasteiger partial charge in [-0.05, 0) is 30.9 Å². The fraction of sp³-hybridized carbons (Fsp3) is 0.588. The Morgan fingerprint density at radius 3 is 2.62 bits per heavy atom. The maximum atomic E-state index is 12.6. The number of hydrogen-bond acceptors (Lipinski definition) is 6. The van der Waals surface area contributed by atoms with Gasteiger partial charge in [0.1, 0.15) is 11.5 Å². The summed E-state index contributed by atoms with van der Waals surface area (Å²) in [5.74, 6) is 1.57. The number of pyridine rings is 1. The predicted octanol–water partition coefficient (Wildman–Crippen LogP) is 3.29. The van der Waals surface area contributed by atoms with Crippen molar-refractivity contribution in [2.75, 3.05) is 18.0 Å². The van der Waals surface area contributed by atoms with Crippen LogP contribution in [0.2, 0.25) is 0 Å². The average molecular weight is 381 g/mol. The molecule has 9 heteroatoms. The molecule has 2 saturated heterocycles. The topological polar surface area (TPSA) is 45.2 Å². The Balaban J connectivity index is 1.23. The molecule has 0 N–H and O–H groups in total. The highest BCUT2D eigenvalue weighted by atomic mass is 32.1. The number of anilines is 1. The summed E-state index contributed by atoms with van der Waals surface area (Å²) in [4.78, 5) is 13.0. The molecule has 0 aromatic carbocycles. The van der Waals surface area contributed by atoms with E-state index in [-0.39, 0.29) is 0 Å². The SMILES string of the molecule is FC(F)(F)c1ccc(CN2CC3CC2CN3c2nc(C3CC3)ns2)cn1. The molecule has 0 spiro atoms. The first-order valence-corrected chi connectivity index (χ1v) is 9.61. The molecule has 0 amide bonds. The maximum absolute atomic E-state index is 12.6. The smallest absolute Gasteiger partial charge is 0.341 e. The zero-order chi connectivity index (χ0) is 17.9. The molecule has 2 aromatic rings. The van der Waals surface area contributed by atoms with E-state index >= 15 is 0 Å². The minimum atomic E-state index is -4.38. The first-order chi connectivity index (χ1) is 12.5. The molecule has 2 aliphatic heterocycles. The molecule has 2 aromatic heterocycles. The Kier molecular flexibility index (Phi) is 3.72. The zero-order valence-corrected chi connectivity index (χ0v) is 14.8. The van der Waals surface area contributed by atoms with E-state index in [0.717, 1.165) is 42.1 Å². The molecular formula is C17H18F3N5S. The van der Waals surface area contributed by atoms with Gasteiger partial charge in [0.05, 0.1) is 0 Å². The number of halogens is 3. The number of fused-ring (bicyclic) bond motifs is 2. The van der Waals surface area contributed by atoms with E-state index in [0.29, 0.717) is 24.5 Å². The summed E-state index contributed by atoms with van der Waals surface area (Å²) >= 11 is 1.49. The Morgan fingerprint density at radius 1 is 1.15 bits per heavy atom. The van der Waals surface area contributed by atoms with Crippen LogP contribution in [0.25, 0.3) is 0 Å². The fourth-order valence-corrected chi connectivity index (χ4v) is 4.78. The standard InChI is InChI=1S/C17H18F3N5S/c18-17(19,20)14-4-1-10(6-21-14)7-24-8-13-5-12(24)9-25(13)16-22-15(23-26-16)11-2-3-11/h1,4,6,11-13H,2-3,5,7-9H2. The first kappa shape index (κ1) is 16.4. The summed E-state index contributed by atoms with van der Waals surface area (Å²) in [6.07, 6.45) is 0.451. The van der Waals surface area contributed by atoms with Crippen molar-refractivity contribution in [3.05, 3.63) is 35.4 Å². The molecule has 1 saturated carbocycles. The van der Waals surface area contributed by atoms with Crippen LogP contribution >= 0.6 is 11.5 Å². The van der Waals surface area contributed by atoms with Crippen molar-refractivity contribution in [3.8, 4) is 0 Å². The fourth-order valence-electron chi connectivity index (χ4n) is 3.95. The Morgan fingerprint density at radius 2 is 2.00 bits per heavy atom. The molecular weight excluding hydrogens is 363 g/mol. The van der Waals surface area contributed by atoms with Crippen molar-refractivity contribution in [3.63, 3.8) is 0 Å². The van der Waals surface area contributed by atoms with Crippen molar-refractivity contribution in [1.29, 1.82) is 0 Å². The van der Waals surface area contributed by atoms with Crippen LogP contribution in [0, 0.1) is 0 Å². The summed E-state index contributed by atoms with van der Waals surface area (Å²) in [6, 6.07) is 3.43. The van der Waals surface area contributed by atoms with E-state index in [1.807, 2.05) is 0 Å². The molecule has 2 atom stereocenters. The Hall–Kier alpha value is -1.74. The summed E-state index contributed by atoms with van der Waals surface area (Å²) in [5.41, 5.74) is -0.0119. The number of nitrogens with zero attached hydrogens (tertiary/aromatic N) is 5. The van der Waals surface area contributed by atoms with Gasteiger partial charge < -0.3 is 4.90 Å². The third-order valence-corrected chi connectivity index (χ3v) is 6.24. The van der Waals surface area contributed by atoms with Crippen LogP contribution in [-0.4, -0.2) is 44.4 Å². The van der Waals surface area contributed by atoms with Crippen LogP contribution in [0.15, 0.2) is 18.3 Å². The quantitative estimate of drug-likeness (QED) is 0.813. The average Bonchev–Trinajstić information content (AvgIpc) is 3.04. The van der Waals surface area contributed by atoms with E-state index in [2.05, 4.69) is 19.2 Å². The highest BCUT2D eigenvalue weighted by molar-refractivity contribution is 7.09. The predicted molar refractivity (Wildman–Crippen MR) is 91.1 cm³/mol. The Labute approximate surface area is 153 Å². The van der Waals surface area contributed by atoms with E-state index in [1.54, 1.807) is 0 Å². The van der Waals surface area contributed by atoms with Gasteiger partial charge in [-0.2, -0.15) is 17.5 Å². The largest absolute Gasteiger partial charge is 0.433 e. The van der Waals surface area contributed by atoms with Gasteiger partial charge in [-0.1, -0.05) is 6.07 Å². The van der Waals surface area contributed by atoms with Crippen LogP contribution in [0.1, 0.15) is 42.3 Å². The van der Waals surface area contributed by atoms with Gasteiger partial charge in [0.15, 0.2) is 0 Å². The lowest BCUT2D eigenvalue weighted by atomic mass is 10.2. The second-order valence-electron chi connectivity index (χ2n) is 7.38. The number of piperazine rings is 1. The van der Waals surface area contributed by atoms with Gasteiger partial charge in [0.25, 0.3) is 0 Å². The lowest BCUT2D eigenvalue weighted by Gasteiger charge is -2.33. The van der Waals surface area contributed by atoms with Crippen LogP contribution in [-0.2, 0) is 12.7 Å². The van der Waals surface area contributed by atoms with Gasteiger partial charge in [-0.15, -0.1) is 0 Å². The highest BCUT2D eigenvalue weighted by Crippen LogP contribution is 2.41. The van der Waals surface area contributed by atoms with E-state index < -0.39 is 11.9 Å². The molecule has 138 valence electrons. The molecule has 4 heterocycles. The van der Waals surface area contributed by atoms with Crippen molar-refractivity contribution in [2.24, 2.45) is 0 Å². The molecule has 0 radical (unpaired) electrons. The third-order valence-electron chi connectivity index (χ3n) is 5.47. The molecule has 26 heavy (non-hydrogen) atoms. The minimum Gasteiger partial charge on any atom is -0.341 e. The second kappa shape index (κ2) is 5.88. The molecule has 5 rings (SSSR count). The van der Waals surface area contributed by atoms with Crippen molar-refractivity contribution in [1.82, 2.24) is 19.2 Å².